The SMILES string of the molecule is CCCCN(C1CC1)C(CN)c1ccc(C)c(Br)c1. The summed E-state index contributed by atoms with van der Waals surface area (Å²) in [5, 5.41) is 0. The molecule has 1 aromatic carbocycles. The van der Waals surface area contributed by atoms with Crippen molar-refractivity contribution < 1.29 is 0 Å². The minimum atomic E-state index is 0.371. The molecule has 1 aromatic rings. The zero-order valence-corrected chi connectivity index (χ0v) is 13.6. The van der Waals surface area contributed by atoms with Crippen molar-refractivity contribution in [2.45, 2.75) is 51.6 Å². The van der Waals surface area contributed by atoms with E-state index >= 15 is 0 Å². The molecule has 1 atom stereocenters. The van der Waals surface area contributed by atoms with E-state index in [0.29, 0.717) is 12.6 Å². The highest BCUT2D eigenvalue weighted by atomic mass is 79.9. The molecule has 1 fully saturated rings. The molecule has 1 saturated carbocycles. The highest BCUT2D eigenvalue weighted by Gasteiger charge is 2.33. The Balaban J connectivity index is 2.17. The van der Waals surface area contributed by atoms with Gasteiger partial charge in [0.1, 0.15) is 0 Å². The van der Waals surface area contributed by atoms with E-state index in [0.717, 1.165) is 6.04 Å². The number of hydrogen-bond acceptors (Lipinski definition) is 2. The minimum Gasteiger partial charge on any atom is -0.329 e. The Morgan fingerprint density at radius 3 is 2.68 bits per heavy atom. The van der Waals surface area contributed by atoms with Crippen LogP contribution in [0.15, 0.2) is 22.7 Å². The molecular weight excluding hydrogens is 300 g/mol. The van der Waals surface area contributed by atoms with Gasteiger partial charge in [0.15, 0.2) is 0 Å². The van der Waals surface area contributed by atoms with E-state index in [9.17, 15) is 0 Å². The molecule has 3 heteroatoms. The van der Waals surface area contributed by atoms with Crippen molar-refractivity contribution >= 4 is 15.9 Å². The summed E-state index contributed by atoms with van der Waals surface area (Å²) in [7, 11) is 0. The molecule has 1 aliphatic carbocycles. The van der Waals surface area contributed by atoms with Crippen LogP contribution in [0.4, 0.5) is 0 Å². The number of nitrogens with two attached hydrogens (primary N) is 1. The van der Waals surface area contributed by atoms with E-state index in [4.69, 9.17) is 5.73 Å². The highest BCUT2D eigenvalue weighted by Crippen LogP contribution is 2.35. The van der Waals surface area contributed by atoms with Crippen LogP contribution >= 0.6 is 15.9 Å². The molecule has 0 bridgehead atoms. The Morgan fingerprint density at radius 1 is 1.42 bits per heavy atom. The van der Waals surface area contributed by atoms with Gasteiger partial charge in [-0.25, -0.2) is 0 Å². The van der Waals surface area contributed by atoms with Gasteiger partial charge in [0.05, 0.1) is 0 Å². The molecule has 1 unspecified atom stereocenters. The van der Waals surface area contributed by atoms with E-state index in [2.05, 4.69) is 52.9 Å². The third kappa shape index (κ3) is 3.80. The lowest BCUT2D eigenvalue weighted by atomic mass is 10.0. The first kappa shape index (κ1) is 15.0. The van der Waals surface area contributed by atoms with Crippen molar-refractivity contribution in [3.63, 3.8) is 0 Å². The van der Waals surface area contributed by atoms with E-state index in [1.54, 1.807) is 0 Å². The quantitative estimate of drug-likeness (QED) is 0.820. The van der Waals surface area contributed by atoms with Gasteiger partial charge in [0.2, 0.25) is 0 Å². The van der Waals surface area contributed by atoms with Crippen LogP contribution in [-0.2, 0) is 0 Å². The summed E-state index contributed by atoms with van der Waals surface area (Å²) in [6, 6.07) is 7.80. The predicted octanol–water partition coefficient (Wildman–Crippen LogP) is 4.02. The second-order valence-electron chi connectivity index (χ2n) is 5.58. The topological polar surface area (TPSA) is 29.3 Å². The first-order chi connectivity index (χ1) is 9.17. The summed E-state index contributed by atoms with van der Waals surface area (Å²) in [5.41, 5.74) is 8.71. The third-order valence-corrected chi connectivity index (χ3v) is 4.84. The van der Waals surface area contributed by atoms with Gasteiger partial charge in [-0.1, -0.05) is 41.4 Å². The maximum Gasteiger partial charge on any atom is 0.0473 e. The molecular formula is C16H25BrN2. The fraction of sp³-hybridized carbons (Fsp3) is 0.625. The van der Waals surface area contributed by atoms with Gasteiger partial charge in [-0.05, 0) is 49.9 Å². The fourth-order valence-corrected chi connectivity index (χ4v) is 3.02. The molecule has 0 aliphatic heterocycles. The van der Waals surface area contributed by atoms with Gasteiger partial charge in [0, 0.05) is 23.1 Å². The summed E-state index contributed by atoms with van der Waals surface area (Å²) in [4.78, 5) is 2.63. The first-order valence-corrected chi connectivity index (χ1v) is 8.18. The van der Waals surface area contributed by atoms with E-state index < -0.39 is 0 Å². The molecule has 106 valence electrons. The van der Waals surface area contributed by atoms with Crippen molar-refractivity contribution in [1.82, 2.24) is 4.90 Å². The number of benzene rings is 1. The Hall–Kier alpha value is -0.380. The number of halogens is 1. The maximum absolute atomic E-state index is 6.07. The monoisotopic (exact) mass is 324 g/mol. The fourth-order valence-electron chi connectivity index (χ4n) is 2.62. The number of unbranched alkanes of at least 4 members (excludes halogenated alkanes) is 1. The summed E-state index contributed by atoms with van der Waals surface area (Å²) < 4.78 is 1.19. The van der Waals surface area contributed by atoms with Crippen LogP contribution < -0.4 is 5.73 Å². The smallest absolute Gasteiger partial charge is 0.0473 e. The van der Waals surface area contributed by atoms with Crippen LogP contribution in [0.3, 0.4) is 0 Å². The molecule has 0 saturated heterocycles. The summed E-state index contributed by atoms with van der Waals surface area (Å²) in [6.45, 7) is 6.26. The van der Waals surface area contributed by atoms with Crippen LogP contribution in [0, 0.1) is 6.92 Å². The first-order valence-electron chi connectivity index (χ1n) is 7.39. The number of rotatable bonds is 7. The Morgan fingerprint density at radius 2 is 2.16 bits per heavy atom. The largest absolute Gasteiger partial charge is 0.329 e. The summed E-state index contributed by atoms with van der Waals surface area (Å²) >= 11 is 3.64. The van der Waals surface area contributed by atoms with Gasteiger partial charge in [0.25, 0.3) is 0 Å². The molecule has 0 radical (unpaired) electrons. The minimum absolute atomic E-state index is 0.371. The zero-order valence-electron chi connectivity index (χ0n) is 12.0. The highest BCUT2D eigenvalue weighted by molar-refractivity contribution is 9.10. The Labute approximate surface area is 125 Å². The normalized spacial score (nSPS) is 16.9. The van der Waals surface area contributed by atoms with Crippen molar-refractivity contribution in [3.8, 4) is 0 Å². The number of nitrogens with zero attached hydrogens (tertiary/aromatic N) is 1. The zero-order chi connectivity index (χ0) is 13.8. The average Bonchev–Trinajstić information content (AvgIpc) is 3.22. The Bertz CT molecular complexity index is 415. The van der Waals surface area contributed by atoms with Crippen LogP contribution in [-0.4, -0.2) is 24.0 Å². The van der Waals surface area contributed by atoms with Crippen LogP contribution in [0.2, 0.25) is 0 Å². The molecule has 1 aliphatic rings. The van der Waals surface area contributed by atoms with Gasteiger partial charge in [-0.3, -0.25) is 4.90 Å². The van der Waals surface area contributed by atoms with E-state index in [-0.39, 0.29) is 0 Å². The second-order valence-corrected chi connectivity index (χ2v) is 6.44. The van der Waals surface area contributed by atoms with Crippen molar-refractivity contribution in [2.24, 2.45) is 5.73 Å². The lowest BCUT2D eigenvalue weighted by molar-refractivity contribution is 0.188. The summed E-state index contributed by atoms with van der Waals surface area (Å²) in [5.74, 6) is 0. The van der Waals surface area contributed by atoms with Crippen LogP contribution in [0.5, 0.6) is 0 Å². The molecule has 0 amide bonds. The molecule has 0 aromatic heterocycles. The van der Waals surface area contributed by atoms with Crippen LogP contribution in [0.1, 0.15) is 49.8 Å². The summed E-state index contributed by atoms with van der Waals surface area (Å²) in [6.07, 6.45) is 5.19. The Kier molecular flexibility index (Phi) is 5.43. The van der Waals surface area contributed by atoms with Gasteiger partial charge in [-0.2, -0.15) is 0 Å². The third-order valence-electron chi connectivity index (χ3n) is 3.99. The van der Waals surface area contributed by atoms with E-state index in [1.165, 1.54) is 47.8 Å². The maximum atomic E-state index is 6.07. The van der Waals surface area contributed by atoms with Crippen molar-refractivity contribution in [3.05, 3.63) is 33.8 Å². The molecule has 2 rings (SSSR count). The van der Waals surface area contributed by atoms with Crippen molar-refractivity contribution in [1.29, 1.82) is 0 Å². The lowest BCUT2D eigenvalue weighted by Gasteiger charge is -2.31. The standard InChI is InChI=1S/C16H25BrN2/c1-3-4-9-19(14-7-8-14)16(11-18)13-6-5-12(2)15(17)10-13/h5-6,10,14,16H,3-4,7-9,11,18H2,1-2H3. The second kappa shape index (κ2) is 6.87. The van der Waals surface area contributed by atoms with Crippen molar-refractivity contribution in [2.75, 3.05) is 13.1 Å². The van der Waals surface area contributed by atoms with Gasteiger partial charge < -0.3 is 5.73 Å². The average molecular weight is 325 g/mol. The molecule has 2 N–H and O–H groups in total. The number of hydrogen-bond donors (Lipinski definition) is 1. The van der Waals surface area contributed by atoms with Gasteiger partial charge in [-0.15, -0.1) is 0 Å². The molecule has 0 spiro atoms. The van der Waals surface area contributed by atoms with Gasteiger partial charge >= 0.3 is 0 Å². The molecule has 0 heterocycles. The number of aryl methyl sites for hydroxylation is 1. The molecule has 19 heavy (non-hydrogen) atoms. The predicted molar refractivity (Wildman–Crippen MR) is 85.3 cm³/mol. The van der Waals surface area contributed by atoms with Crippen LogP contribution in [0.25, 0.3) is 0 Å². The molecule has 2 nitrogen and oxygen atoms in total. The lowest BCUT2D eigenvalue weighted by Crippen LogP contribution is -2.36. The van der Waals surface area contributed by atoms with E-state index in [1.807, 2.05) is 0 Å².